The van der Waals surface area contributed by atoms with Crippen molar-refractivity contribution < 1.29 is 19.0 Å². The van der Waals surface area contributed by atoms with Crippen LogP contribution in [0.15, 0.2) is 18.2 Å². The van der Waals surface area contributed by atoms with E-state index in [0.29, 0.717) is 5.75 Å². The second-order valence-electron chi connectivity index (χ2n) is 4.05. The maximum atomic E-state index is 13.1. The Balaban J connectivity index is 2.60. The van der Waals surface area contributed by atoms with E-state index in [0.717, 1.165) is 6.07 Å². The Kier molecular flexibility index (Phi) is 2.35. The first-order chi connectivity index (χ1) is 7.43. The van der Waals surface area contributed by atoms with Crippen molar-refractivity contribution in [3.05, 3.63) is 29.6 Å². The van der Waals surface area contributed by atoms with Crippen LogP contribution in [0.25, 0.3) is 0 Å². The highest BCUT2D eigenvalue weighted by molar-refractivity contribution is 5.82. The molecule has 1 aliphatic rings. The molecule has 0 saturated carbocycles. The first-order valence-electron chi connectivity index (χ1n) is 4.92. The number of aliphatic carboxylic acids is 1. The average molecular weight is 225 g/mol. The topological polar surface area (TPSA) is 72.6 Å². The fraction of sp³-hybridized carbons (Fsp3) is 0.364. The predicted octanol–water partition coefficient (Wildman–Crippen LogP) is 1.24. The standard InChI is InChI=1S/C11H12FNO3/c1-6-5-11(13,10(14)15)8-4-7(12)2-3-9(8)16-6/h2-4,6H,5,13H2,1H3,(H,14,15)/t6-,11?/m1/s1. The molecule has 0 fully saturated rings. The second kappa shape index (κ2) is 3.45. The Labute approximate surface area is 91.8 Å². The molecule has 0 spiro atoms. The summed E-state index contributed by atoms with van der Waals surface area (Å²) < 4.78 is 18.5. The van der Waals surface area contributed by atoms with Crippen molar-refractivity contribution in [3.63, 3.8) is 0 Å². The Bertz CT molecular complexity index is 449. The second-order valence-corrected chi connectivity index (χ2v) is 4.05. The molecule has 0 bridgehead atoms. The third-order valence-corrected chi connectivity index (χ3v) is 2.74. The molecule has 3 N–H and O–H groups in total. The fourth-order valence-electron chi connectivity index (χ4n) is 1.98. The molecule has 1 unspecified atom stereocenters. The van der Waals surface area contributed by atoms with E-state index < -0.39 is 17.3 Å². The smallest absolute Gasteiger partial charge is 0.328 e. The van der Waals surface area contributed by atoms with Crippen molar-refractivity contribution in [1.29, 1.82) is 0 Å². The van der Waals surface area contributed by atoms with Gasteiger partial charge in [-0.05, 0) is 25.1 Å². The molecule has 1 aromatic rings. The molecular formula is C11H12FNO3. The molecule has 4 nitrogen and oxygen atoms in total. The minimum Gasteiger partial charge on any atom is -0.490 e. The molecule has 0 aromatic heterocycles. The Morgan fingerprint density at radius 2 is 2.38 bits per heavy atom. The van der Waals surface area contributed by atoms with Crippen LogP contribution in [0, 0.1) is 5.82 Å². The summed E-state index contributed by atoms with van der Waals surface area (Å²) in [5.41, 5.74) is 4.44. The van der Waals surface area contributed by atoms with Gasteiger partial charge in [-0.15, -0.1) is 0 Å². The summed E-state index contributed by atoms with van der Waals surface area (Å²) in [7, 11) is 0. The van der Waals surface area contributed by atoms with E-state index >= 15 is 0 Å². The zero-order valence-corrected chi connectivity index (χ0v) is 8.74. The summed E-state index contributed by atoms with van der Waals surface area (Å²) in [4.78, 5) is 11.2. The van der Waals surface area contributed by atoms with Crippen molar-refractivity contribution in [3.8, 4) is 5.75 Å². The van der Waals surface area contributed by atoms with Crippen molar-refractivity contribution >= 4 is 5.97 Å². The van der Waals surface area contributed by atoms with Gasteiger partial charge >= 0.3 is 5.97 Å². The predicted molar refractivity (Wildman–Crippen MR) is 54.6 cm³/mol. The number of fused-ring (bicyclic) bond motifs is 1. The molecule has 86 valence electrons. The van der Waals surface area contributed by atoms with E-state index in [1.54, 1.807) is 6.92 Å². The van der Waals surface area contributed by atoms with Gasteiger partial charge in [0.2, 0.25) is 0 Å². The third kappa shape index (κ3) is 1.53. The molecule has 2 atom stereocenters. The molecular weight excluding hydrogens is 213 g/mol. The largest absolute Gasteiger partial charge is 0.490 e. The van der Waals surface area contributed by atoms with Crippen molar-refractivity contribution in [2.24, 2.45) is 5.73 Å². The molecule has 0 radical (unpaired) electrons. The maximum Gasteiger partial charge on any atom is 0.328 e. The lowest BCUT2D eigenvalue weighted by Crippen LogP contribution is -2.50. The van der Waals surface area contributed by atoms with Gasteiger partial charge in [0.1, 0.15) is 17.1 Å². The number of ether oxygens (including phenoxy) is 1. The summed E-state index contributed by atoms with van der Waals surface area (Å²) in [5.74, 6) is -1.35. The van der Waals surface area contributed by atoms with Crippen LogP contribution in [0.5, 0.6) is 5.75 Å². The number of hydrogen-bond donors (Lipinski definition) is 2. The van der Waals surface area contributed by atoms with Crippen LogP contribution in [-0.4, -0.2) is 17.2 Å². The normalized spacial score (nSPS) is 28.1. The van der Waals surface area contributed by atoms with Gasteiger partial charge in [0, 0.05) is 12.0 Å². The maximum absolute atomic E-state index is 13.1. The third-order valence-electron chi connectivity index (χ3n) is 2.74. The summed E-state index contributed by atoms with van der Waals surface area (Å²) in [5, 5.41) is 9.15. The quantitative estimate of drug-likeness (QED) is 0.754. The van der Waals surface area contributed by atoms with Gasteiger partial charge in [0.25, 0.3) is 0 Å². The number of carboxylic acids is 1. The monoisotopic (exact) mass is 225 g/mol. The summed E-state index contributed by atoms with van der Waals surface area (Å²) in [6.07, 6.45) is -0.183. The number of carbonyl (C=O) groups is 1. The van der Waals surface area contributed by atoms with Crippen LogP contribution in [0.4, 0.5) is 4.39 Å². The molecule has 2 rings (SSSR count). The minimum atomic E-state index is -1.57. The molecule has 16 heavy (non-hydrogen) atoms. The van der Waals surface area contributed by atoms with Gasteiger partial charge in [-0.1, -0.05) is 0 Å². The molecule has 1 aromatic carbocycles. The van der Waals surface area contributed by atoms with E-state index in [2.05, 4.69) is 0 Å². The number of rotatable bonds is 1. The highest BCUT2D eigenvalue weighted by Crippen LogP contribution is 2.38. The average Bonchev–Trinajstić information content (AvgIpc) is 2.19. The molecule has 0 aliphatic carbocycles. The Hall–Kier alpha value is -1.62. The minimum absolute atomic E-state index is 0.124. The van der Waals surface area contributed by atoms with E-state index in [-0.39, 0.29) is 18.1 Å². The molecule has 1 aliphatic heterocycles. The highest BCUT2D eigenvalue weighted by atomic mass is 19.1. The van der Waals surface area contributed by atoms with E-state index in [1.165, 1.54) is 12.1 Å². The van der Waals surface area contributed by atoms with Gasteiger partial charge in [-0.3, -0.25) is 0 Å². The fourth-order valence-corrected chi connectivity index (χ4v) is 1.98. The van der Waals surface area contributed by atoms with Crippen molar-refractivity contribution in [2.45, 2.75) is 25.0 Å². The first kappa shape index (κ1) is 10.9. The van der Waals surface area contributed by atoms with E-state index in [9.17, 15) is 9.18 Å². The lowest BCUT2D eigenvalue weighted by Gasteiger charge is -2.35. The summed E-state index contributed by atoms with van der Waals surface area (Å²) in [6.45, 7) is 1.73. The Morgan fingerprint density at radius 1 is 1.69 bits per heavy atom. The van der Waals surface area contributed by atoms with Crippen LogP contribution >= 0.6 is 0 Å². The van der Waals surface area contributed by atoms with Gasteiger partial charge in [-0.25, -0.2) is 9.18 Å². The van der Waals surface area contributed by atoms with Gasteiger partial charge < -0.3 is 15.6 Å². The van der Waals surface area contributed by atoms with Gasteiger partial charge in [0.05, 0.1) is 6.10 Å². The number of hydrogen-bond acceptors (Lipinski definition) is 3. The number of halogens is 1. The number of nitrogens with two attached hydrogens (primary N) is 1. The number of benzene rings is 1. The molecule has 0 saturated heterocycles. The van der Waals surface area contributed by atoms with Crippen molar-refractivity contribution in [2.75, 3.05) is 0 Å². The molecule has 0 amide bonds. The lowest BCUT2D eigenvalue weighted by atomic mass is 9.83. The van der Waals surface area contributed by atoms with Crippen LogP contribution in [0.2, 0.25) is 0 Å². The summed E-state index contributed by atoms with van der Waals surface area (Å²) in [6, 6.07) is 3.75. The highest BCUT2D eigenvalue weighted by Gasteiger charge is 2.43. The van der Waals surface area contributed by atoms with Crippen LogP contribution in [0.1, 0.15) is 18.9 Å². The van der Waals surface area contributed by atoms with Crippen molar-refractivity contribution in [1.82, 2.24) is 0 Å². The van der Waals surface area contributed by atoms with Crippen LogP contribution in [0.3, 0.4) is 0 Å². The van der Waals surface area contributed by atoms with Crippen LogP contribution < -0.4 is 10.5 Å². The lowest BCUT2D eigenvalue weighted by molar-refractivity contribution is -0.145. The van der Waals surface area contributed by atoms with Crippen LogP contribution in [-0.2, 0) is 10.3 Å². The Morgan fingerprint density at radius 3 is 3.00 bits per heavy atom. The molecule has 5 heteroatoms. The zero-order chi connectivity index (χ0) is 11.9. The SMILES string of the molecule is C[C@@H]1CC(N)(C(=O)O)c2cc(F)ccc2O1. The van der Waals surface area contributed by atoms with Gasteiger partial charge in [-0.2, -0.15) is 0 Å². The molecule has 1 heterocycles. The van der Waals surface area contributed by atoms with E-state index in [4.69, 9.17) is 15.6 Å². The van der Waals surface area contributed by atoms with Gasteiger partial charge in [0.15, 0.2) is 0 Å². The summed E-state index contributed by atoms with van der Waals surface area (Å²) >= 11 is 0. The first-order valence-corrected chi connectivity index (χ1v) is 4.92. The number of carboxylic acid groups (broad SMARTS) is 1. The zero-order valence-electron chi connectivity index (χ0n) is 8.74. The van der Waals surface area contributed by atoms with E-state index in [1.807, 2.05) is 0 Å².